The van der Waals surface area contributed by atoms with Crippen LogP contribution in [0.4, 0.5) is 5.69 Å². The number of carboxylic acids is 2. The average molecular weight is 251 g/mol. The largest absolute Gasteiger partial charge is 0.872 e. The van der Waals surface area contributed by atoms with E-state index >= 15 is 0 Å². The Bertz CT molecular complexity index is 496. The van der Waals surface area contributed by atoms with Gasteiger partial charge in [0.05, 0.1) is 5.56 Å². The van der Waals surface area contributed by atoms with Crippen molar-refractivity contribution in [3.63, 3.8) is 0 Å². The summed E-state index contributed by atoms with van der Waals surface area (Å²) in [4.78, 5) is 31.9. The van der Waals surface area contributed by atoms with Crippen LogP contribution in [0, 0.1) is 0 Å². The van der Waals surface area contributed by atoms with Gasteiger partial charge in [-0.25, -0.2) is 4.79 Å². The third kappa shape index (κ3) is 3.78. The zero-order valence-corrected chi connectivity index (χ0v) is 9.13. The summed E-state index contributed by atoms with van der Waals surface area (Å²) >= 11 is 0. The van der Waals surface area contributed by atoms with Gasteiger partial charge in [-0.05, 0) is 24.6 Å². The Labute approximate surface area is 102 Å². The first-order chi connectivity index (χ1) is 8.40. The first-order valence-electron chi connectivity index (χ1n) is 4.94. The van der Waals surface area contributed by atoms with Gasteiger partial charge in [0.2, 0.25) is 5.91 Å². The quantitative estimate of drug-likeness (QED) is 0.685. The Morgan fingerprint density at radius 2 is 1.89 bits per heavy atom. The number of carbonyl (C=O) groups is 3. The summed E-state index contributed by atoms with van der Waals surface area (Å²) in [6.45, 7) is 0. The molecule has 1 aromatic rings. The van der Waals surface area contributed by atoms with Crippen LogP contribution in [0.1, 0.15) is 23.2 Å². The highest BCUT2D eigenvalue weighted by molar-refractivity contribution is 5.95. The van der Waals surface area contributed by atoms with Gasteiger partial charge in [0.25, 0.3) is 0 Å². The Balaban J connectivity index is 2.69. The normalized spacial score (nSPS) is 9.78. The summed E-state index contributed by atoms with van der Waals surface area (Å²) < 4.78 is 0. The molecule has 1 aromatic carbocycles. The maximum atomic E-state index is 11.3. The third-order valence-corrected chi connectivity index (χ3v) is 2.05. The number of carbonyl (C=O) groups excluding carboxylic acids is 2. The topological polar surface area (TPSA) is 130 Å². The minimum absolute atomic E-state index is 0.119. The molecule has 0 fully saturated rings. The molecule has 0 spiro atoms. The molecule has 1 rings (SSSR count). The second-order valence-electron chi connectivity index (χ2n) is 3.44. The van der Waals surface area contributed by atoms with Crippen molar-refractivity contribution in [2.24, 2.45) is 0 Å². The van der Waals surface area contributed by atoms with Crippen LogP contribution in [0.15, 0.2) is 18.2 Å². The zero-order chi connectivity index (χ0) is 13.7. The fraction of sp³-hybridized carbons (Fsp3) is 0.182. The van der Waals surface area contributed by atoms with Crippen molar-refractivity contribution in [3.8, 4) is 5.75 Å². The number of carboxylic acid groups (broad SMARTS) is 2. The highest BCUT2D eigenvalue weighted by Gasteiger charge is 2.06. The fourth-order valence-corrected chi connectivity index (χ4v) is 1.22. The number of hydrogen-bond donors (Lipinski definition) is 2. The van der Waals surface area contributed by atoms with Gasteiger partial charge < -0.3 is 25.4 Å². The Hall–Kier alpha value is -2.57. The number of nitrogens with one attached hydrogen (secondary N) is 1. The molecule has 0 heterocycles. The zero-order valence-electron chi connectivity index (χ0n) is 9.13. The molecule has 0 bridgehead atoms. The smallest absolute Gasteiger partial charge is 0.335 e. The van der Waals surface area contributed by atoms with E-state index in [1.807, 2.05) is 0 Å². The highest BCUT2D eigenvalue weighted by Crippen LogP contribution is 2.19. The van der Waals surface area contributed by atoms with E-state index in [-0.39, 0.29) is 12.1 Å². The standard InChI is InChI=1S/C11H11NO6/c13-8-5-6(1-2-7(8)11(17)18)12-9(14)3-4-10(15)16/h1-2,5,13H,3-4H2,(H,12,14)(H,15,16)(H,17,18)/p-2. The molecule has 0 aliphatic heterocycles. The molecule has 1 amide bonds. The van der Waals surface area contributed by atoms with Gasteiger partial charge >= 0.3 is 5.97 Å². The SMILES string of the molecule is O=C([O-])CCC(=O)Nc1ccc(C(=O)O)c([O-])c1. The molecule has 96 valence electrons. The van der Waals surface area contributed by atoms with Gasteiger partial charge in [-0.2, -0.15) is 0 Å². The number of rotatable bonds is 5. The summed E-state index contributed by atoms with van der Waals surface area (Å²) in [5, 5.41) is 32.3. The van der Waals surface area contributed by atoms with Gasteiger partial charge in [0.1, 0.15) is 0 Å². The van der Waals surface area contributed by atoms with Crippen molar-refractivity contribution in [2.45, 2.75) is 12.8 Å². The van der Waals surface area contributed by atoms with Crippen LogP contribution in [0.2, 0.25) is 0 Å². The number of hydrogen-bond acceptors (Lipinski definition) is 5. The minimum atomic E-state index is -1.35. The van der Waals surface area contributed by atoms with Gasteiger partial charge in [0, 0.05) is 18.1 Å². The van der Waals surface area contributed by atoms with Crippen LogP contribution in [0.25, 0.3) is 0 Å². The van der Waals surface area contributed by atoms with E-state index in [2.05, 4.69) is 5.32 Å². The number of benzene rings is 1. The lowest BCUT2D eigenvalue weighted by atomic mass is 10.2. The van der Waals surface area contributed by atoms with Gasteiger partial charge in [0.15, 0.2) is 0 Å². The molecule has 0 aliphatic rings. The van der Waals surface area contributed by atoms with E-state index in [4.69, 9.17) is 5.11 Å². The molecule has 7 heteroatoms. The van der Waals surface area contributed by atoms with E-state index < -0.39 is 35.6 Å². The lowest BCUT2D eigenvalue weighted by Crippen LogP contribution is -2.24. The van der Waals surface area contributed by atoms with Crippen molar-refractivity contribution in [1.29, 1.82) is 0 Å². The predicted molar refractivity (Wildman–Crippen MR) is 55.7 cm³/mol. The molecule has 0 unspecified atom stereocenters. The Morgan fingerprint density at radius 3 is 2.39 bits per heavy atom. The molecule has 0 aromatic heterocycles. The van der Waals surface area contributed by atoms with E-state index in [1.54, 1.807) is 0 Å². The highest BCUT2D eigenvalue weighted by atomic mass is 16.4. The van der Waals surface area contributed by atoms with Crippen LogP contribution in [0.3, 0.4) is 0 Å². The van der Waals surface area contributed by atoms with E-state index in [0.29, 0.717) is 0 Å². The molecule has 2 N–H and O–H groups in total. The third-order valence-electron chi connectivity index (χ3n) is 2.05. The van der Waals surface area contributed by atoms with Crippen LogP contribution < -0.4 is 15.5 Å². The van der Waals surface area contributed by atoms with E-state index in [0.717, 1.165) is 12.1 Å². The number of amides is 1. The maximum absolute atomic E-state index is 11.3. The average Bonchev–Trinajstić information content (AvgIpc) is 2.26. The predicted octanol–water partition coefficient (Wildman–Crippen LogP) is -1.07. The lowest BCUT2D eigenvalue weighted by molar-refractivity contribution is -0.305. The maximum Gasteiger partial charge on any atom is 0.335 e. The van der Waals surface area contributed by atoms with Crippen molar-refractivity contribution in [2.75, 3.05) is 5.32 Å². The van der Waals surface area contributed by atoms with Gasteiger partial charge in [-0.15, -0.1) is 0 Å². The molecular weight excluding hydrogens is 242 g/mol. The molecule has 18 heavy (non-hydrogen) atoms. The van der Waals surface area contributed by atoms with Crippen LogP contribution in [-0.2, 0) is 9.59 Å². The molecule has 7 nitrogen and oxygen atoms in total. The van der Waals surface area contributed by atoms with Crippen molar-refractivity contribution >= 4 is 23.5 Å². The first-order valence-corrected chi connectivity index (χ1v) is 4.94. The van der Waals surface area contributed by atoms with Crippen LogP contribution in [-0.4, -0.2) is 23.0 Å². The van der Waals surface area contributed by atoms with Gasteiger partial charge in [-0.3, -0.25) is 4.79 Å². The molecule has 0 atom stereocenters. The first kappa shape index (κ1) is 13.5. The summed E-state index contributed by atoms with van der Waals surface area (Å²) in [7, 11) is 0. The molecule has 0 saturated carbocycles. The van der Waals surface area contributed by atoms with Crippen molar-refractivity contribution in [1.82, 2.24) is 0 Å². The number of aliphatic carboxylic acids is 1. The Morgan fingerprint density at radius 1 is 1.22 bits per heavy atom. The summed E-state index contributed by atoms with van der Waals surface area (Å²) in [6, 6.07) is 3.28. The summed E-state index contributed by atoms with van der Waals surface area (Å²) in [5.74, 6) is -4.03. The summed E-state index contributed by atoms with van der Waals surface area (Å²) in [6.07, 6.45) is -0.708. The molecule has 0 radical (unpaired) electrons. The Kier molecular flexibility index (Phi) is 4.25. The molecule has 0 saturated heterocycles. The second kappa shape index (κ2) is 5.67. The monoisotopic (exact) mass is 251 g/mol. The fourth-order valence-electron chi connectivity index (χ4n) is 1.22. The van der Waals surface area contributed by atoms with Crippen LogP contribution in [0.5, 0.6) is 5.75 Å². The number of anilines is 1. The van der Waals surface area contributed by atoms with Crippen molar-refractivity contribution in [3.05, 3.63) is 23.8 Å². The van der Waals surface area contributed by atoms with E-state index in [1.165, 1.54) is 6.07 Å². The van der Waals surface area contributed by atoms with Crippen molar-refractivity contribution < 1.29 is 29.7 Å². The summed E-state index contributed by atoms with van der Waals surface area (Å²) in [5.41, 5.74) is -0.281. The van der Waals surface area contributed by atoms with E-state index in [9.17, 15) is 24.6 Å². The van der Waals surface area contributed by atoms with Gasteiger partial charge in [-0.1, -0.05) is 5.75 Å². The van der Waals surface area contributed by atoms with Crippen LogP contribution >= 0.6 is 0 Å². The lowest BCUT2D eigenvalue weighted by Gasteiger charge is -2.13. The molecular formula is C11H9NO6-2. The number of aromatic carboxylic acids is 1. The minimum Gasteiger partial charge on any atom is -0.872 e. The molecule has 0 aliphatic carbocycles. The second-order valence-corrected chi connectivity index (χ2v) is 3.44.